The van der Waals surface area contributed by atoms with Gasteiger partial charge >= 0.3 is 0 Å². The van der Waals surface area contributed by atoms with Gasteiger partial charge in [-0.1, -0.05) is 29.3 Å². The van der Waals surface area contributed by atoms with E-state index in [1.165, 1.54) is 0 Å². The average molecular weight is 370 g/mol. The number of halogens is 2. The SMILES string of the molecule is CC(NC(N)=NCCCOCc1ccco1)c1ccc(Cl)cc1Cl. The molecule has 2 aromatic rings. The molecular formula is C17H21Cl2N3O2. The molecule has 0 amide bonds. The summed E-state index contributed by atoms with van der Waals surface area (Å²) in [5, 5.41) is 4.32. The third-order valence-corrected chi connectivity index (χ3v) is 3.91. The van der Waals surface area contributed by atoms with Crippen molar-refractivity contribution >= 4 is 29.2 Å². The van der Waals surface area contributed by atoms with Gasteiger partial charge in [-0.05, 0) is 43.2 Å². The highest BCUT2D eigenvalue weighted by molar-refractivity contribution is 6.35. The maximum absolute atomic E-state index is 6.18. The van der Waals surface area contributed by atoms with E-state index in [0.717, 1.165) is 17.7 Å². The Balaban J connectivity index is 1.69. The molecule has 5 nitrogen and oxygen atoms in total. The van der Waals surface area contributed by atoms with Crippen LogP contribution in [0, 0.1) is 0 Å². The summed E-state index contributed by atoms with van der Waals surface area (Å²) in [6, 6.07) is 9.03. The van der Waals surface area contributed by atoms with Crippen molar-refractivity contribution in [2.45, 2.75) is 26.0 Å². The van der Waals surface area contributed by atoms with Crippen molar-refractivity contribution in [3.63, 3.8) is 0 Å². The quantitative estimate of drug-likeness (QED) is 0.416. The Morgan fingerprint density at radius 3 is 2.92 bits per heavy atom. The Morgan fingerprint density at radius 1 is 1.38 bits per heavy atom. The zero-order valence-corrected chi connectivity index (χ0v) is 15.0. The fourth-order valence-electron chi connectivity index (χ4n) is 2.13. The molecule has 1 aromatic carbocycles. The number of aliphatic imine (C=N–C) groups is 1. The van der Waals surface area contributed by atoms with Gasteiger partial charge in [0.25, 0.3) is 0 Å². The Bertz CT molecular complexity index is 660. The third-order valence-electron chi connectivity index (χ3n) is 3.35. The lowest BCUT2D eigenvalue weighted by molar-refractivity contribution is 0.105. The average Bonchev–Trinajstić information content (AvgIpc) is 3.03. The van der Waals surface area contributed by atoms with Gasteiger partial charge in [0, 0.05) is 23.2 Å². The van der Waals surface area contributed by atoms with Crippen molar-refractivity contribution in [3.05, 3.63) is 58.0 Å². The minimum atomic E-state index is -0.0614. The zero-order valence-electron chi connectivity index (χ0n) is 13.5. The summed E-state index contributed by atoms with van der Waals surface area (Å²) in [6.07, 6.45) is 2.41. The standard InChI is InChI=1S/C17H21Cl2N3O2/c1-12(15-6-5-13(18)10-16(15)19)22-17(20)21-7-3-8-23-11-14-4-2-9-24-14/h2,4-6,9-10,12H,3,7-8,11H2,1H3,(H3,20,21,22). The van der Waals surface area contributed by atoms with Crippen molar-refractivity contribution < 1.29 is 9.15 Å². The number of nitrogens with zero attached hydrogens (tertiary/aromatic N) is 1. The fraction of sp³-hybridized carbons (Fsp3) is 0.353. The van der Waals surface area contributed by atoms with Crippen molar-refractivity contribution in [2.24, 2.45) is 10.7 Å². The molecule has 0 saturated heterocycles. The second kappa shape index (κ2) is 9.57. The van der Waals surface area contributed by atoms with E-state index in [1.54, 1.807) is 18.4 Å². The highest BCUT2D eigenvalue weighted by Crippen LogP contribution is 2.25. The van der Waals surface area contributed by atoms with Gasteiger partial charge in [0.1, 0.15) is 12.4 Å². The molecule has 7 heteroatoms. The number of hydrogen-bond acceptors (Lipinski definition) is 3. The number of furan rings is 1. The van der Waals surface area contributed by atoms with Gasteiger partial charge in [-0.15, -0.1) is 0 Å². The van der Waals surface area contributed by atoms with Crippen molar-refractivity contribution in [1.82, 2.24) is 5.32 Å². The summed E-state index contributed by atoms with van der Waals surface area (Å²) in [6.45, 7) is 3.61. The molecule has 0 radical (unpaired) electrons. The molecule has 0 spiro atoms. The molecular weight excluding hydrogens is 349 g/mol. The first-order chi connectivity index (χ1) is 11.6. The normalized spacial score (nSPS) is 13.0. The number of nitrogens with one attached hydrogen (secondary N) is 1. The highest BCUT2D eigenvalue weighted by atomic mass is 35.5. The second-order valence-corrected chi connectivity index (χ2v) is 6.13. The number of benzene rings is 1. The predicted octanol–water partition coefficient (Wildman–Crippen LogP) is 4.16. The van der Waals surface area contributed by atoms with Crippen LogP contribution in [0.25, 0.3) is 0 Å². The van der Waals surface area contributed by atoms with Gasteiger partial charge in [-0.2, -0.15) is 0 Å². The molecule has 0 bridgehead atoms. The van der Waals surface area contributed by atoms with Crippen molar-refractivity contribution in [1.29, 1.82) is 0 Å². The minimum Gasteiger partial charge on any atom is -0.467 e. The first kappa shape index (κ1) is 18.6. The van der Waals surface area contributed by atoms with E-state index in [-0.39, 0.29) is 6.04 Å². The molecule has 0 aliphatic rings. The number of guanidine groups is 1. The molecule has 130 valence electrons. The summed E-state index contributed by atoms with van der Waals surface area (Å²) < 4.78 is 10.7. The molecule has 1 atom stereocenters. The zero-order chi connectivity index (χ0) is 17.4. The van der Waals surface area contributed by atoms with Gasteiger partial charge < -0.3 is 20.2 Å². The second-order valence-electron chi connectivity index (χ2n) is 5.28. The Hall–Kier alpha value is -1.69. The van der Waals surface area contributed by atoms with Crippen LogP contribution in [0.1, 0.15) is 30.7 Å². The Morgan fingerprint density at radius 2 is 2.21 bits per heavy atom. The first-order valence-electron chi connectivity index (χ1n) is 7.68. The van der Waals surface area contributed by atoms with E-state index >= 15 is 0 Å². The van der Waals surface area contributed by atoms with E-state index < -0.39 is 0 Å². The summed E-state index contributed by atoms with van der Waals surface area (Å²) >= 11 is 12.1. The lowest BCUT2D eigenvalue weighted by Gasteiger charge is -2.16. The van der Waals surface area contributed by atoms with Gasteiger partial charge in [0.2, 0.25) is 0 Å². The van der Waals surface area contributed by atoms with E-state index in [2.05, 4.69) is 10.3 Å². The molecule has 24 heavy (non-hydrogen) atoms. The number of rotatable bonds is 8. The highest BCUT2D eigenvalue weighted by Gasteiger charge is 2.10. The smallest absolute Gasteiger partial charge is 0.189 e. The van der Waals surface area contributed by atoms with E-state index in [4.69, 9.17) is 38.1 Å². The number of hydrogen-bond donors (Lipinski definition) is 2. The van der Waals surface area contributed by atoms with E-state index in [9.17, 15) is 0 Å². The van der Waals surface area contributed by atoms with Gasteiger partial charge in [-0.3, -0.25) is 4.99 Å². The summed E-state index contributed by atoms with van der Waals surface area (Å²) in [7, 11) is 0. The maximum Gasteiger partial charge on any atom is 0.189 e. The van der Waals surface area contributed by atoms with Crippen LogP contribution in [0.2, 0.25) is 10.0 Å². The monoisotopic (exact) mass is 369 g/mol. The third kappa shape index (κ3) is 6.07. The van der Waals surface area contributed by atoms with Crippen LogP contribution in [-0.2, 0) is 11.3 Å². The molecule has 1 unspecified atom stereocenters. The van der Waals surface area contributed by atoms with Gasteiger partial charge in [0.05, 0.1) is 12.3 Å². The molecule has 0 aliphatic heterocycles. The fourth-order valence-corrected chi connectivity index (χ4v) is 2.70. The molecule has 2 rings (SSSR count). The largest absolute Gasteiger partial charge is 0.467 e. The van der Waals surface area contributed by atoms with Crippen LogP contribution in [0.15, 0.2) is 46.0 Å². The van der Waals surface area contributed by atoms with Crippen molar-refractivity contribution in [2.75, 3.05) is 13.2 Å². The van der Waals surface area contributed by atoms with E-state index in [0.29, 0.717) is 35.8 Å². The summed E-state index contributed by atoms with van der Waals surface area (Å²) in [5.41, 5.74) is 6.82. The summed E-state index contributed by atoms with van der Waals surface area (Å²) in [4.78, 5) is 4.28. The van der Waals surface area contributed by atoms with Gasteiger partial charge in [-0.25, -0.2) is 0 Å². The topological polar surface area (TPSA) is 72.8 Å². The molecule has 3 N–H and O–H groups in total. The maximum atomic E-state index is 6.18. The van der Waals surface area contributed by atoms with Crippen LogP contribution in [0.4, 0.5) is 0 Å². The predicted molar refractivity (Wildman–Crippen MR) is 97.5 cm³/mol. The van der Waals surface area contributed by atoms with Crippen LogP contribution in [0.3, 0.4) is 0 Å². The molecule has 1 aromatic heterocycles. The van der Waals surface area contributed by atoms with Gasteiger partial charge in [0.15, 0.2) is 5.96 Å². The lowest BCUT2D eigenvalue weighted by Crippen LogP contribution is -2.34. The number of ether oxygens (including phenoxy) is 1. The molecule has 0 saturated carbocycles. The molecule has 0 fully saturated rings. The minimum absolute atomic E-state index is 0.0614. The van der Waals surface area contributed by atoms with Crippen molar-refractivity contribution in [3.8, 4) is 0 Å². The van der Waals surface area contributed by atoms with Crippen LogP contribution in [-0.4, -0.2) is 19.1 Å². The van der Waals surface area contributed by atoms with Crippen LogP contribution < -0.4 is 11.1 Å². The lowest BCUT2D eigenvalue weighted by atomic mass is 10.1. The first-order valence-corrected chi connectivity index (χ1v) is 8.43. The molecule has 1 heterocycles. The number of nitrogens with two attached hydrogens (primary N) is 1. The molecule has 0 aliphatic carbocycles. The summed E-state index contributed by atoms with van der Waals surface area (Å²) in [5.74, 6) is 1.19. The van der Waals surface area contributed by atoms with Crippen LogP contribution in [0.5, 0.6) is 0 Å². The van der Waals surface area contributed by atoms with Crippen LogP contribution >= 0.6 is 23.2 Å². The Kier molecular flexibility index (Phi) is 7.43. The Labute approximate surface area is 151 Å². The van der Waals surface area contributed by atoms with E-state index in [1.807, 2.05) is 25.1 Å².